The van der Waals surface area contributed by atoms with Gasteiger partial charge in [-0.3, -0.25) is 4.90 Å². The smallest absolute Gasteiger partial charge is 0.0645 e. The van der Waals surface area contributed by atoms with E-state index < -0.39 is 0 Å². The van der Waals surface area contributed by atoms with Crippen LogP contribution in [0.5, 0.6) is 0 Å². The van der Waals surface area contributed by atoms with Gasteiger partial charge in [-0.2, -0.15) is 0 Å². The normalized spacial score (nSPS) is 23.3. The Labute approximate surface area is 113 Å². The molecule has 1 aliphatic rings. The molecule has 3 nitrogen and oxygen atoms in total. The van der Waals surface area contributed by atoms with E-state index in [1.807, 2.05) is 0 Å². The van der Waals surface area contributed by atoms with Crippen LogP contribution < -0.4 is 5.32 Å². The van der Waals surface area contributed by atoms with Crippen molar-refractivity contribution in [2.45, 2.75) is 65.6 Å². The lowest BCUT2D eigenvalue weighted by atomic mass is 9.93. The van der Waals surface area contributed by atoms with E-state index in [-0.39, 0.29) is 11.1 Å². The van der Waals surface area contributed by atoms with Crippen LogP contribution in [0.2, 0.25) is 0 Å². The Morgan fingerprint density at radius 3 is 2.33 bits per heavy atom. The minimum atomic E-state index is 0.146. The first-order valence-electron chi connectivity index (χ1n) is 7.23. The lowest BCUT2D eigenvalue weighted by molar-refractivity contribution is -0.0805. The van der Waals surface area contributed by atoms with E-state index in [1.165, 1.54) is 0 Å². The van der Waals surface area contributed by atoms with E-state index in [1.54, 1.807) is 0 Å². The highest BCUT2D eigenvalue weighted by atomic mass is 16.5. The molecule has 1 unspecified atom stereocenters. The maximum absolute atomic E-state index is 5.63. The predicted molar refractivity (Wildman–Crippen MR) is 78.0 cm³/mol. The summed E-state index contributed by atoms with van der Waals surface area (Å²) in [6.07, 6.45) is 0. The van der Waals surface area contributed by atoms with E-state index in [0.29, 0.717) is 12.0 Å². The van der Waals surface area contributed by atoms with Crippen molar-refractivity contribution in [3.05, 3.63) is 0 Å². The summed E-state index contributed by atoms with van der Waals surface area (Å²) in [5, 5.41) is 3.66. The first kappa shape index (κ1) is 15.9. The third kappa shape index (κ3) is 4.52. The number of nitrogens with zero attached hydrogens (tertiary/aromatic N) is 1. The van der Waals surface area contributed by atoms with Crippen LogP contribution in [0.3, 0.4) is 0 Å². The van der Waals surface area contributed by atoms with Crippen LogP contribution in [0.4, 0.5) is 0 Å². The maximum Gasteiger partial charge on any atom is 0.0645 e. The Kier molecular flexibility index (Phi) is 5.22. The van der Waals surface area contributed by atoms with Gasteiger partial charge in [-0.05, 0) is 40.5 Å². The molecule has 1 saturated heterocycles. The number of ether oxygens (including phenoxy) is 1. The minimum absolute atomic E-state index is 0.146. The number of hydrogen-bond donors (Lipinski definition) is 1. The van der Waals surface area contributed by atoms with E-state index in [2.05, 4.69) is 58.7 Å². The molecular formula is C15H32N2O. The molecule has 18 heavy (non-hydrogen) atoms. The fourth-order valence-corrected chi connectivity index (χ4v) is 2.60. The number of morpholine rings is 1. The molecule has 0 amide bonds. The molecule has 1 fully saturated rings. The molecule has 0 aromatic rings. The van der Waals surface area contributed by atoms with Crippen molar-refractivity contribution in [2.75, 3.05) is 26.3 Å². The van der Waals surface area contributed by atoms with E-state index in [0.717, 1.165) is 26.3 Å². The number of hydrogen-bond acceptors (Lipinski definition) is 3. The lowest BCUT2D eigenvalue weighted by Crippen LogP contribution is -2.61. The molecule has 0 aromatic carbocycles. The molecule has 0 saturated carbocycles. The van der Waals surface area contributed by atoms with Crippen LogP contribution in [0.25, 0.3) is 0 Å². The fourth-order valence-electron chi connectivity index (χ4n) is 2.60. The van der Waals surface area contributed by atoms with Crippen LogP contribution in [0.15, 0.2) is 0 Å². The van der Waals surface area contributed by atoms with Crippen molar-refractivity contribution in [3.63, 3.8) is 0 Å². The van der Waals surface area contributed by atoms with Crippen molar-refractivity contribution in [1.82, 2.24) is 10.2 Å². The van der Waals surface area contributed by atoms with Gasteiger partial charge >= 0.3 is 0 Å². The molecule has 0 aromatic heterocycles. The molecule has 1 atom stereocenters. The van der Waals surface area contributed by atoms with Crippen molar-refractivity contribution in [2.24, 2.45) is 5.92 Å². The summed E-state index contributed by atoms with van der Waals surface area (Å²) < 4.78 is 5.63. The van der Waals surface area contributed by atoms with Crippen LogP contribution in [0.1, 0.15) is 48.5 Å². The lowest BCUT2D eigenvalue weighted by Gasteiger charge is -2.48. The second-order valence-electron chi connectivity index (χ2n) is 7.50. The van der Waals surface area contributed by atoms with Gasteiger partial charge in [0.2, 0.25) is 0 Å². The van der Waals surface area contributed by atoms with Gasteiger partial charge < -0.3 is 10.1 Å². The molecule has 1 rings (SSSR count). The summed E-state index contributed by atoms with van der Waals surface area (Å²) in [7, 11) is 0. The molecule has 108 valence electrons. The quantitative estimate of drug-likeness (QED) is 0.836. The summed E-state index contributed by atoms with van der Waals surface area (Å²) in [6, 6.07) is 0.572. The van der Waals surface area contributed by atoms with Gasteiger partial charge in [0.15, 0.2) is 0 Å². The molecule has 0 aliphatic carbocycles. The highest BCUT2D eigenvalue weighted by Gasteiger charge is 2.36. The average Bonchev–Trinajstić information content (AvgIpc) is 2.18. The Morgan fingerprint density at radius 2 is 1.89 bits per heavy atom. The maximum atomic E-state index is 5.63. The zero-order valence-electron chi connectivity index (χ0n) is 13.3. The Balaban J connectivity index is 2.71. The summed E-state index contributed by atoms with van der Waals surface area (Å²) in [4.78, 5) is 2.62. The van der Waals surface area contributed by atoms with Crippen molar-refractivity contribution in [1.29, 1.82) is 0 Å². The van der Waals surface area contributed by atoms with Crippen LogP contribution in [-0.2, 0) is 4.74 Å². The molecule has 3 heteroatoms. The fraction of sp³-hybridized carbons (Fsp3) is 1.00. The number of rotatable bonds is 4. The van der Waals surface area contributed by atoms with Crippen molar-refractivity contribution >= 4 is 0 Å². The summed E-state index contributed by atoms with van der Waals surface area (Å²) in [5.74, 6) is 0.650. The SMILES string of the molecule is CC(C)C(CNC(C)(C)C)N1CCOCC1(C)C. The number of nitrogens with one attached hydrogen (secondary N) is 1. The van der Waals surface area contributed by atoms with Crippen molar-refractivity contribution in [3.8, 4) is 0 Å². The minimum Gasteiger partial charge on any atom is -0.378 e. The average molecular weight is 256 g/mol. The van der Waals surface area contributed by atoms with Crippen LogP contribution in [0, 0.1) is 5.92 Å². The van der Waals surface area contributed by atoms with Gasteiger partial charge in [0.1, 0.15) is 0 Å². The molecule has 0 spiro atoms. The van der Waals surface area contributed by atoms with Gasteiger partial charge in [-0.1, -0.05) is 13.8 Å². The third-order valence-electron chi connectivity index (χ3n) is 3.72. The first-order valence-corrected chi connectivity index (χ1v) is 7.23. The zero-order chi connectivity index (χ0) is 14.0. The predicted octanol–water partition coefficient (Wildman–Crippen LogP) is 2.51. The van der Waals surface area contributed by atoms with Crippen molar-refractivity contribution < 1.29 is 4.74 Å². The Morgan fingerprint density at radius 1 is 1.28 bits per heavy atom. The Hall–Kier alpha value is -0.120. The van der Waals surface area contributed by atoms with Gasteiger partial charge in [0, 0.05) is 30.2 Å². The highest BCUT2D eigenvalue weighted by Crippen LogP contribution is 2.25. The first-order chi connectivity index (χ1) is 8.13. The van der Waals surface area contributed by atoms with E-state index in [4.69, 9.17) is 4.74 Å². The zero-order valence-corrected chi connectivity index (χ0v) is 13.3. The van der Waals surface area contributed by atoms with Gasteiger partial charge in [-0.25, -0.2) is 0 Å². The summed E-state index contributed by atoms with van der Waals surface area (Å²) in [5.41, 5.74) is 0.330. The van der Waals surface area contributed by atoms with Crippen LogP contribution in [-0.4, -0.2) is 48.3 Å². The largest absolute Gasteiger partial charge is 0.378 e. The summed E-state index contributed by atoms with van der Waals surface area (Å²) >= 11 is 0. The second kappa shape index (κ2) is 5.89. The topological polar surface area (TPSA) is 24.5 Å². The summed E-state index contributed by atoms with van der Waals surface area (Å²) in [6.45, 7) is 19.7. The van der Waals surface area contributed by atoms with Crippen LogP contribution >= 0.6 is 0 Å². The standard InChI is InChI=1S/C15H32N2O/c1-12(2)13(10-16-14(3,4)5)17-8-9-18-11-15(17,6)7/h12-13,16H,8-11H2,1-7H3. The molecular weight excluding hydrogens is 224 g/mol. The van der Waals surface area contributed by atoms with E-state index in [9.17, 15) is 0 Å². The third-order valence-corrected chi connectivity index (χ3v) is 3.72. The molecule has 0 bridgehead atoms. The van der Waals surface area contributed by atoms with Gasteiger partial charge in [-0.15, -0.1) is 0 Å². The second-order valence-corrected chi connectivity index (χ2v) is 7.50. The molecule has 1 heterocycles. The van der Waals surface area contributed by atoms with Gasteiger partial charge in [0.25, 0.3) is 0 Å². The molecule has 1 N–H and O–H groups in total. The molecule has 1 aliphatic heterocycles. The highest BCUT2D eigenvalue weighted by molar-refractivity contribution is 4.92. The monoisotopic (exact) mass is 256 g/mol. The molecule has 0 radical (unpaired) electrons. The van der Waals surface area contributed by atoms with Gasteiger partial charge in [0.05, 0.1) is 13.2 Å². The van der Waals surface area contributed by atoms with E-state index >= 15 is 0 Å². The Bertz CT molecular complexity index is 256.